The van der Waals surface area contributed by atoms with Crippen LogP contribution < -0.4 is 5.73 Å². The van der Waals surface area contributed by atoms with Gasteiger partial charge in [0.25, 0.3) is 20.2 Å². The van der Waals surface area contributed by atoms with Crippen LogP contribution in [0.5, 0.6) is 0 Å². The molecule has 0 heterocycles. The molecule has 0 aromatic heterocycles. The van der Waals surface area contributed by atoms with Crippen LogP contribution in [-0.2, 0) is 20.2 Å². The molecule has 0 bridgehead atoms. The second-order valence-electron chi connectivity index (χ2n) is 7.20. The number of rotatable bonds is 3. The van der Waals surface area contributed by atoms with E-state index in [-0.39, 0.29) is 12.8 Å². The summed E-state index contributed by atoms with van der Waals surface area (Å²) < 4.78 is 65.1. The van der Waals surface area contributed by atoms with Crippen molar-refractivity contribution >= 4 is 25.9 Å². The Morgan fingerprint density at radius 3 is 2.30 bits per heavy atom. The summed E-state index contributed by atoms with van der Waals surface area (Å²) in [7, 11) is -9.34. The van der Waals surface area contributed by atoms with Gasteiger partial charge in [-0.1, -0.05) is 42.2 Å². The number of hydrogen-bond donors (Lipinski definition) is 3. The Morgan fingerprint density at radius 2 is 1.67 bits per heavy atom. The van der Waals surface area contributed by atoms with Crippen LogP contribution in [0.4, 0.5) is 5.69 Å². The molecule has 1 aliphatic rings. The first kappa shape index (κ1) is 22.1. The number of nitrogens with two attached hydrogens (primary N) is 1. The monoisotopic (exact) mass is 447 g/mol. The van der Waals surface area contributed by atoms with Crippen LogP contribution in [0.3, 0.4) is 0 Å². The van der Waals surface area contributed by atoms with Gasteiger partial charge < -0.3 is 5.73 Å². The first-order chi connectivity index (χ1) is 13.9. The fourth-order valence-electron chi connectivity index (χ4n) is 3.42. The van der Waals surface area contributed by atoms with E-state index in [9.17, 15) is 25.9 Å². The molecule has 2 atom stereocenters. The quantitative estimate of drug-likeness (QED) is 0.374. The van der Waals surface area contributed by atoms with E-state index in [4.69, 9.17) is 5.73 Å². The van der Waals surface area contributed by atoms with Crippen LogP contribution in [0.15, 0.2) is 54.1 Å². The Morgan fingerprint density at radius 1 is 0.967 bits per heavy atom. The minimum absolute atomic E-state index is 0.261. The van der Waals surface area contributed by atoms with Crippen molar-refractivity contribution in [2.24, 2.45) is 0 Å². The van der Waals surface area contributed by atoms with E-state index in [1.54, 1.807) is 6.07 Å². The highest BCUT2D eigenvalue weighted by Gasteiger charge is 2.42. The lowest BCUT2D eigenvalue weighted by Gasteiger charge is -2.25. The lowest BCUT2D eigenvalue weighted by atomic mass is 9.96. The van der Waals surface area contributed by atoms with E-state index in [0.717, 1.165) is 16.7 Å². The van der Waals surface area contributed by atoms with E-state index in [0.29, 0.717) is 16.8 Å². The van der Waals surface area contributed by atoms with Gasteiger partial charge in [0.05, 0.1) is 0 Å². The molecule has 0 fully saturated rings. The summed E-state index contributed by atoms with van der Waals surface area (Å²) in [4.78, 5) is 0. The average Bonchev–Trinajstić information content (AvgIpc) is 2.65. The Hall–Kier alpha value is -2.64. The largest absolute Gasteiger partial charge is 0.399 e. The number of allylic oxidation sites excluding steroid dienone is 2. The Labute approximate surface area is 176 Å². The third-order valence-electron chi connectivity index (χ3n) is 4.93. The molecule has 0 radical (unpaired) electrons. The molecule has 158 valence electrons. The minimum atomic E-state index is -4.70. The SMILES string of the molecule is Cc1ccc(-c2cccc(N)c2)c(C#CC2=CC[C@H](S(=O)(=O)O)[C@H](S(=O)(=O)O)C2)c1. The van der Waals surface area contributed by atoms with Crippen molar-refractivity contribution in [2.75, 3.05) is 5.73 Å². The number of nitrogen functional groups attached to an aromatic ring is 1. The van der Waals surface area contributed by atoms with Crippen LogP contribution in [0, 0.1) is 18.8 Å². The Balaban J connectivity index is 2.00. The highest BCUT2D eigenvalue weighted by Crippen LogP contribution is 2.29. The zero-order valence-electron chi connectivity index (χ0n) is 16.1. The van der Waals surface area contributed by atoms with Crippen molar-refractivity contribution in [1.82, 2.24) is 0 Å². The van der Waals surface area contributed by atoms with Gasteiger partial charge in [0.2, 0.25) is 0 Å². The molecule has 1 aliphatic carbocycles. The average molecular weight is 448 g/mol. The molecule has 7 nitrogen and oxygen atoms in total. The number of aryl methyl sites for hydroxylation is 1. The number of anilines is 1. The minimum Gasteiger partial charge on any atom is -0.399 e. The molecule has 0 saturated carbocycles. The van der Waals surface area contributed by atoms with Gasteiger partial charge in [-0.25, -0.2) is 0 Å². The molecule has 3 rings (SSSR count). The second-order valence-corrected chi connectivity index (χ2v) is 10.5. The summed E-state index contributed by atoms with van der Waals surface area (Å²) in [6, 6.07) is 13.1. The highest BCUT2D eigenvalue weighted by atomic mass is 32.2. The van der Waals surface area contributed by atoms with E-state index in [2.05, 4.69) is 11.8 Å². The van der Waals surface area contributed by atoms with Gasteiger partial charge in [-0.3, -0.25) is 9.11 Å². The molecule has 2 aromatic carbocycles. The second kappa shape index (κ2) is 8.24. The van der Waals surface area contributed by atoms with Crippen molar-refractivity contribution in [1.29, 1.82) is 0 Å². The predicted molar refractivity (Wildman–Crippen MR) is 116 cm³/mol. The molecule has 0 amide bonds. The smallest absolute Gasteiger partial charge is 0.269 e. The van der Waals surface area contributed by atoms with Gasteiger partial charge >= 0.3 is 0 Å². The molecule has 0 spiro atoms. The van der Waals surface area contributed by atoms with E-state index in [1.807, 2.05) is 43.3 Å². The van der Waals surface area contributed by atoms with Crippen molar-refractivity contribution in [3.05, 3.63) is 65.2 Å². The summed E-state index contributed by atoms with van der Waals surface area (Å²) >= 11 is 0. The Kier molecular flexibility index (Phi) is 6.06. The normalized spacial score (nSPS) is 19.5. The van der Waals surface area contributed by atoms with Crippen molar-refractivity contribution < 1.29 is 25.9 Å². The predicted octanol–water partition coefficient (Wildman–Crippen LogP) is 2.83. The van der Waals surface area contributed by atoms with Crippen LogP contribution >= 0.6 is 0 Å². The van der Waals surface area contributed by atoms with Gasteiger partial charge in [0.15, 0.2) is 0 Å². The summed E-state index contributed by atoms with van der Waals surface area (Å²) in [5.41, 5.74) is 10.2. The molecular formula is C21H21NO6S2. The third-order valence-corrected chi connectivity index (χ3v) is 7.65. The van der Waals surface area contributed by atoms with Crippen LogP contribution in [-0.4, -0.2) is 36.4 Å². The van der Waals surface area contributed by atoms with Gasteiger partial charge in [0, 0.05) is 17.7 Å². The number of hydrogen-bond acceptors (Lipinski definition) is 5. The van der Waals surface area contributed by atoms with Crippen molar-refractivity contribution in [2.45, 2.75) is 30.3 Å². The highest BCUT2D eigenvalue weighted by molar-refractivity contribution is 7.90. The van der Waals surface area contributed by atoms with Gasteiger partial charge in [-0.05, 0) is 53.8 Å². The van der Waals surface area contributed by atoms with Gasteiger partial charge in [-0.15, -0.1) is 0 Å². The van der Waals surface area contributed by atoms with Gasteiger partial charge in [0.1, 0.15) is 10.5 Å². The molecule has 4 N–H and O–H groups in total. The van der Waals surface area contributed by atoms with Crippen LogP contribution in [0.25, 0.3) is 11.1 Å². The third kappa shape index (κ3) is 5.09. The van der Waals surface area contributed by atoms with Crippen molar-refractivity contribution in [3.8, 4) is 23.0 Å². The first-order valence-corrected chi connectivity index (χ1v) is 12.1. The maximum absolute atomic E-state index is 11.7. The van der Waals surface area contributed by atoms with Crippen LogP contribution in [0.1, 0.15) is 24.0 Å². The molecule has 9 heteroatoms. The fourth-order valence-corrected chi connectivity index (χ4v) is 5.97. The zero-order chi connectivity index (χ0) is 22.1. The maximum atomic E-state index is 11.7. The van der Waals surface area contributed by atoms with Crippen LogP contribution in [0.2, 0.25) is 0 Å². The molecule has 0 unspecified atom stereocenters. The van der Waals surface area contributed by atoms with E-state index in [1.165, 1.54) is 6.08 Å². The van der Waals surface area contributed by atoms with E-state index >= 15 is 0 Å². The fraction of sp³-hybridized carbons (Fsp3) is 0.238. The maximum Gasteiger partial charge on any atom is 0.269 e. The molecule has 2 aromatic rings. The standard InChI is InChI=1S/C21H21NO6S2/c1-14-5-9-19(16-3-2-4-18(22)13-16)17(11-14)8-6-15-7-10-20(29(23,24)25)21(12-15)30(26,27)28/h2-5,7,9,11,13,20-21H,10,12,22H2,1H3,(H,23,24,25)(H,26,27,28)/t20-,21+/m0/s1. The summed E-state index contributed by atoms with van der Waals surface area (Å²) in [6.07, 6.45) is 0.905. The number of benzene rings is 2. The lowest BCUT2D eigenvalue weighted by Crippen LogP contribution is -2.41. The summed E-state index contributed by atoms with van der Waals surface area (Å²) in [6.45, 7) is 1.92. The van der Waals surface area contributed by atoms with E-state index < -0.39 is 30.7 Å². The summed E-state index contributed by atoms with van der Waals surface area (Å²) in [5.74, 6) is 5.91. The first-order valence-electron chi connectivity index (χ1n) is 9.05. The lowest BCUT2D eigenvalue weighted by molar-refractivity contribution is 0.433. The Bertz CT molecular complexity index is 1280. The molecule has 30 heavy (non-hydrogen) atoms. The molecule has 0 aliphatic heterocycles. The zero-order valence-corrected chi connectivity index (χ0v) is 17.7. The molecular weight excluding hydrogens is 426 g/mol. The summed E-state index contributed by atoms with van der Waals surface area (Å²) in [5, 5.41) is -3.30. The van der Waals surface area contributed by atoms with Gasteiger partial charge in [-0.2, -0.15) is 16.8 Å². The van der Waals surface area contributed by atoms with Crippen molar-refractivity contribution in [3.63, 3.8) is 0 Å². The molecule has 0 saturated heterocycles. The topological polar surface area (TPSA) is 135 Å².